The number of hydrogen-bond donors (Lipinski definition) is 2. The summed E-state index contributed by atoms with van der Waals surface area (Å²) in [5.41, 5.74) is 1.37. The Morgan fingerprint density at radius 1 is 0.891 bits per heavy atom. The molecule has 2 N–H and O–H groups in total. The number of urea groups is 1. The molecule has 4 saturated heterocycles. The van der Waals surface area contributed by atoms with Gasteiger partial charge in [0.2, 0.25) is 0 Å². The summed E-state index contributed by atoms with van der Waals surface area (Å²) in [7, 11) is 1.28. The molecule has 2 aromatic rings. The molecule has 0 bridgehead atoms. The number of amides is 3. The van der Waals surface area contributed by atoms with Gasteiger partial charge in [0.1, 0.15) is 11.4 Å². The van der Waals surface area contributed by atoms with Crippen LogP contribution in [0.4, 0.5) is 19.7 Å². The molecule has 14 heteroatoms. The molecule has 1 aliphatic carbocycles. The van der Waals surface area contributed by atoms with Crippen LogP contribution in [0.15, 0.2) is 53.4 Å². The van der Waals surface area contributed by atoms with Gasteiger partial charge >= 0.3 is 12.1 Å². The lowest BCUT2D eigenvalue weighted by atomic mass is 9.57. The Morgan fingerprint density at radius 3 is 2.20 bits per heavy atom. The summed E-state index contributed by atoms with van der Waals surface area (Å²) in [5, 5.41) is 5.30. The maximum atomic E-state index is 15.1. The van der Waals surface area contributed by atoms with Crippen LogP contribution >= 0.6 is 0 Å². The second-order valence-corrected chi connectivity index (χ2v) is 18.8. The van der Waals surface area contributed by atoms with Gasteiger partial charge in [0, 0.05) is 57.5 Å². The molecular formula is C41H59FN6O6S. The summed E-state index contributed by atoms with van der Waals surface area (Å²) in [5.74, 6) is 0.260. The van der Waals surface area contributed by atoms with Crippen LogP contribution in [0.3, 0.4) is 0 Å². The molecule has 3 atom stereocenters. The lowest BCUT2D eigenvalue weighted by Crippen LogP contribution is -2.68. The Hall–Kier alpha value is -3.46. The lowest BCUT2D eigenvalue weighted by molar-refractivity contribution is -0.0657. The molecule has 1 saturated carbocycles. The van der Waals surface area contributed by atoms with E-state index in [1.165, 1.54) is 19.6 Å². The molecular weight excluding hydrogens is 724 g/mol. The smallest absolute Gasteiger partial charge is 0.407 e. The molecule has 3 amide bonds. The maximum absolute atomic E-state index is 15.1. The van der Waals surface area contributed by atoms with E-state index in [1.807, 2.05) is 18.2 Å². The van der Waals surface area contributed by atoms with Crippen molar-refractivity contribution >= 4 is 27.6 Å². The Kier molecular flexibility index (Phi) is 12.0. The average Bonchev–Trinajstić information content (AvgIpc) is 3.64. The molecule has 12 nitrogen and oxygen atoms in total. The van der Waals surface area contributed by atoms with Crippen molar-refractivity contribution in [3.63, 3.8) is 0 Å². The van der Waals surface area contributed by atoms with Gasteiger partial charge in [-0.1, -0.05) is 18.6 Å². The van der Waals surface area contributed by atoms with E-state index in [1.54, 1.807) is 37.3 Å². The average molecular weight is 783 g/mol. The van der Waals surface area contributed by atoms with E-state index >= 15 is 4.39 Å². The molecule has 4 heterocycles. The zero-order valence-electron chi connectivity index (χ0n) is 32.7. The van der Waals surface area contributed by atoms with Gasteiger partial charge in [0.25, 0.3) is 0 Å². The van der Waals surface area contributed by atoms with Gasteiger partial charge in [-0.15, -0.1) is 0 Å². The minimum atomic E-state index is -3.51. The highest BCUT2D eigenvalue weighted by molar-refractivity contribution is 7.92. The standard InChI is InChI=1S/C41H59FN6O6S/c1-43-38(49)47-23-17-35(18-24-47)55(51,52)34-13-11-33(12-14-34)48-27-40(28-48,54-3)26-46-21-15-30(16-22-46)41(29-45-19-6-20-45,31-7-4-8-32(42)25-31)36-9-5-10-37(36)44-39(50)53-2/h4,7-8,11-14,25,30,35-37H,5-6,9-10,15-24,26-29H2,1-3H3,(H,43,49)(H,44,50)/t36-,37-,41-/m0/s1. The van der Waals surface area contributed by atoms with Gasteiger partial charge in [-0.2, -0.15) is 0 Å². The molecule has 5 fully saturated rings. The van der Waals surface area contributed by atoms with Crippen molar-refractivity contribution in [3.05, 3.63) is 59.9 Å². The van der Waals surface area contributed by atoms with Gasteiger partial charge in [0.15, 0.2) is 9.84 Å². The van der Waals surface area contributed by atoms with E-state index in [0.717, 1.165) is 82.6 Å². The summed E-state index contributed by atoms with van der Waals surface area (Å²) >= 11 is 0. The normalized spacial score (nSPS) is 25.1. The molecule has 302 valence electrons. The van der Waals surface area contributed by atoms with Crippen LogP contribution in [0, 0.1) is 17.7 Å². The fraction of sp³-hybridized carbons (Fsp3) is 0.659. The number of benzene rings is 2. The number of nitrogens with one attached hydrogen (secondary N) is 2. The van der Waals surface area contributed by atoms with Crippen LogP contribution in [0.1, 0.15) is 56.9 Å². The number of sulfone groups is 1. The monoisotopic (exact) mass is 782 g/mol. The largest absolute Gasteiger partial charge is 0.453 e. The first-order valence-corrected chi connectivity index (χ1v) is 21.7. The van der Waals surface area contributed by atoms with Gasteiger partial charge in [-0.05, 0) is 125 Å². The first kappa shape index (κ1) is 39.8. The Morgan fingerprint density at radius 2 is 1.60 bits per heavy atom. The molecule has 0 unspecified atom stereocenters. The van der Waals surface area contributed by atoms with E-state index < -0.39 is 21.2 Å². The summed E-state index contributed by atoms with van der Waals surface area (Å²) in [6, 6.07) is 14.3. The zero-order chi connectivity index (χ0) is 38.8. The first-order valence-electron chi connectivity index (χ1n) is 20.2. The van der Waals surface area contributed by atoms with Crippen molar-refractivity contribution in [3.8, 4) is 0 Å². The van der Waals surface area contributed by atoms with E-state index in [0.29, 0.717) is 49.8 Å². The van der Waals surface area contributed by atoms with Crippen molar-refractivity contribution in [1.29, 1.82) is 0 Å². The number of carbonyl (C=O) groups is 2. The molecule has 5 aliphatic rings. The van der Waals surface area contributed by atoms with Crippen molar-refractivity contribution in [1.82, 2.24) is 25.3 Å². The highest BCUT2D eigenvalue weighted by Crippen LogP contribution is 2.51. The molecule has 7 rings (SSSR count). The van der Waals surface area contributed by atoms with Crippen LogP contribution in [-0.2, 0) is 24.7 Å². The van der Waals surface area contributed by atoms with Gasteiger partial charge < -0.3 is 39.7 Å². The number of nitrogens with zero attached hydrogens (tertiary/aromatic N) is 4. The maximum Gasteiger partial charge on any atom is 0.407 e. The molecule has 0 spiro atoms. The van der Waals surface area contributed by atoms with Crippen molar-refractivity contribution in [2.75, 3.05) is 91.6 Å². The van der Waals surface area contributed by atoms with Gasteiger partial charge in [-0.25, -0.2) is 22.4 Å². The van der Waals surface area contributed by atoms with E-state index in [9.17, 15) is 18.0 Å². The first-order chi connectivity index (χ1) is 26.5. The van der Waals surface area contributed by atoms with Crippen molar-refractivity contribution in [2.24, 2.45) is 11.8 Å². The number of halogens is 1. The van der Waals surface area contributed by atoms with E-state index in [4.69, 9.17) is 9.47 Å². The summed E-state index contributed by atoms with van der Waals surface area (Å²) < 4.78 is 53.2. The zero-order valence-corrected chi connectivity index (χ0v) is 33.5. The van der Waals surface area contributed by atoms with Gasteiger partial charge in [0.05, 0.1) is 30.3 Å². The van der Waals surface area contributed by atoms with Crippen LogP contribution in [0.25, 0.3) is 0 Å². The van der Waals surface area contributed by atoms with Crippen LogP contribution in [0.2, 0.25) is 0 Å². The summed E-state index contributed by atoms with van der Waals surface area (Å²) in [4.78, 5) is 33.8. The number of anilines is 1. The number of likely N-dealkylation sites (tertiary alicyclic amines) is 3. The number of methoxy groups -OCH3 is 2. The van der Waals surface area contributed by atoms with Crippen molar-refractivity contribution < 1.29 is 31.9 Å². The molecule has 2 aromatic carbocycles. The van der Waals surface area contributed by atoms with Crippen LogP contribution in [-0.4, -0.2) is 139 Å². The third kappa shape index (κ3) is 8.06. The summed E-state index contributed by atoms with van der Waals surface area (Å²) in [6.45, 7) is 7.82. The number of alkyl carbamates (subject to hydrolysis) is 1. The van der Waals surface area contributed by atoms with Crippen LogP contribution in [0.5, 0.6) is 0 Å². The minimum Gasteiger partial charge on any atom is -0.453 e. The SMILES string of the molecule is CNC(=O)N1CCC(S(=O)(=O)c2ccc(N3CC(CN4CCC([C@@](CN5CCC5)(c5cccc(F)c5)[C@H]5CCC[C@@H]5NC(=O)OC)CC4)(OC)C3)cc2)CC1. The molecule has 0 radical (unpaired) electrons. The fourth-order valence-electron chi connectivity index (χ4n) is 10.4. The summed E-state index contributed by atoms with van der Waals surface area (Å²) in [6.07, 6.45) is 6.44. The number of carbonyl (C=O) groups excluding carboxylic acids is 2. The minimum absolute atomic E-state index is 0.0320. The van der Waals surface area contributed by atoms with Crippen molar-refractivity contribution in [2.45, 2.75) is 78.6 Å². The Bertz CT molecular complexity index is 1760. The van der Waals surface area contributed by atoms with Crippen LogP contribution < -0.4 is 15.5 Å². The topological polar surface area (TPSA) is 124 Å². The van der Waals surface area contributed by atoms with Gasteiger partial charge in [-0.3, -0.25) is 0 Å². The highest BCUT2D eigenvalue weighted by Gasteiger charge is 2.54. The second kappa shape index (κ2) is 16.6. The lowest BCUT2D eigenvalue weighted by Gasteiger charge is -2.55. The Balaban J connectivity index is 1.01. The second-order valence-electron chi connectivity index (χ2n) is 16.5. The molecule has 55 heavy (non-hydrogen) atoms. The highest BCUT2D eigenvalue weighted by atomic mass is 32.2. The van der Waals surface area contributed by atoms with E-state index in [2.05, 4.69) is 31.4 Å². The number of hydrogen-bond acceptors (Lipinski definition) is 9. The Labute approximate surface area is 326 Å². The quantitative estimate of drug-likeness (QED) is 0.321. The third-order valence-electron chi connectivity index (χ3n) is 13.6. The predicted octanol–water partition coefficient (Wildman–Crippen LogP) is 4.49. The molecule has 0 aromatic heterocycles. The molecule has 4 aliphatic heterocycles. The number of ether oxygens (including phenoxy) is 2. The fourth-order valence-corrected chi connectivity index (χ4v) is 12.2. The van der Waals surface area contributed by atoms with E-state index in [-0.39, 0.29) is 34.8 Å². The predicted molar refractivity (Wildman–Crippen MR) is 210 cm³/mol. The number of piperidine rings is 2. The third-order valence-corrected chi connectivity index (χ3v) is 15.9. The number of rotatable bonds is 12.